The van der Waals surface area contributed by atoms with E-state index in [0.717, 1.165) is 18.4 Å². The quantitative estimate of drug-likeness (QED) is 0.0989. The highest BCUT2D eigenvalue weighted by Crippen LogP contribution is 2.41. The first kappa shape index (κ1) is 38.1. The van der Waals surface area contributed by atoms with Crippen LogP contribution in [-0.4, -0.2) is 65.6 Å². The fourth-order valence-corrected chi connectivity index (χ4v) is 7.10. The van der Waals surface area contributed by atoms with Gasteiger partial charge in [0.15, 0.2) is 5.82 Å². The Morgan fingerprint density at radius 1 is 1.08 bits per heavy atom. The molecule has 0 saturated heterocycles. The van der Waals surface area contributed by atoms with Gasteiger partial charge >= 0.3 is 6.09 Å². The van der Waals surface area contributed by atoms with E-state index in [1.807, 2.05) is 6.07 Å². The van der Waals surface area contributed by atoms with E-state index in [4.69, 9.17) is 26.1 Å². The van der Waals surface area contributed by atoms with Gasteiger partial charge in [-0.3, -0.25) is 9.40 Å². The molecule has 0 radical (unpaired) electrons. The van der Waals surface area contributed by atoms with Gasteiger partial charge < -0.3 is 14.8 Å². The molecule has 12 nitrogen and oxygen atoms in total. The van der Waals surface area contributed by atoms with Crippen LogP contribution >= 0.6 is 11.6 Å². The van der Waals surface area contributed by atoms with Crippen molar-refractivity contribution in [1.29, 1.82) is 0 Å². The van der Waals surface area contributed by atoms with Crippen molar-refractivity contribution < 1.29 is 31.5 Å². The third kappa shape index (κ3) is 9.61. The maximum absolute atomic E-state index is 14.4. The van der Waals surface area contributed by atoms with Gasteiger partial charge in [0.2, 0.25) is 10.0 Å². The maximum atomic E-state index is 14.4. The number of ether oxygens (including phenoxy) is 2. The number of sulfonamides is 1. The molecule has 0 aliphatic carbocycles. The molecular weight excluding hydrogens is 720 g/mol. The number of aryl methyl sites for hydroxylation is 1. The predicted octanol–water partition coefficient (Wildman–Crippen LogP) is 7.41. The fourth-order valence-electron chi connectivity index (χ4n) is 5.61. The molecule has 2 N–H and O–H groups in total. The molecule has 1 amide bonds. The van der Waals surface area contributed by atoms with Gasteiger partial charge in [-0.1, -0.05) is 37.3 Å². The number of hydrogen-bond acceptors (Lipinski definition) is 8. The number of carbonyl (C=O) groups is 1. The number of nitrogens with one attached hydrogen (secondary N) is 2. The molecule has 3 heterocycles. The first-order valence-electron chi connectivity index (χ1n) is 16.2. The number of anilines is 1. The largest absolute Gasteiger partial charge is 0.444 e. The molecule has 0 fully saturated rings. The third-order valence-electron chi connectivity index (χ3n) is 7.76. The Hall–Kier alpha value is -4.12. The molecule has 1 atom stereocenters. The topological polar surface area (TPSA) is 142 Å². The lowest BCUT2D eigenvalue weighted by atomic mass is 9.94. The highest BCUT2D eigenvalue weighted by atomic mass is 35.5. The van der Waals surface area contributed by atoms with Crippen molar-refractivity contribution in [3.05, 3.63) is 70.5 Å². The summed E-state index contributed by atoms with van der Waals surface area (Å²) in [4.78, 5) is 18.3. The Bertz CT molecular complexity index is 2190. The minimum atomic E-state index is -3.73. The van der Waals surface area contributed by atoms with E-state index in [1.165, 1.54) is 16.8 Å². The predicted molar refractivity (Wildman–Crippen MR) is 197 cm³/mol. The zero-order valence-corrected chi connectivity index (χ0v) is 32.3. The van der Waals surface area contributed by atoms with Crippen molar-refractivity contribution in [1.82, 2.24) is 29.9 Å². The SMILES string of the molecule is Cn1nc(NS(C)(=O)=O)c2c(Cl)ccc(-c3cc4c(cnn4COCC[Si](C)(C)C)nc3[C@H](Cc3cc(F)cc(F)c3)NC(=O)OC(C)(C)C)c21. The Kier molecular flexibility index (Phi) is 10.8. The lowest BCUT2D eigenvalue weighted by molar-refractivity contribution is 0.0502. The van der Waals surface area contributed by atoms with Gasteiger partial charge in [-0.05, 0) is 63.1 Å². The number of pyridine rings is 1. The van der Waals surface area contributed by atoms with Crippen LogP contribution in [0.4, 0.5) is 19.4 Å². The molecule has 5 aromatic rings. The average molecular weight is 762 g/mol. The molecule has 0 unspecified atom stereocenters. The minimum Gasteiger partial charge on any atom is -0.444 e. The van der Waals surface area contributed by atoms with E-state index in [-0.39, 0.29) is 29.6 Å². The molecule has 2 aromatic carbocycles. The van der Waals surface area contributed by atoms with Crippen LogP contribution in [0.5, 0.6) is 0 Å². The van der Waals surface area contributed by atoms with Crippen molar-refractivity contribution in [3.63, 3.8) is 0 Å². The molecule has 3 aromatic heterocycles. The summed E-state index contributed by atoms with van der Waals surface area (Å²) < 4.78 is 70.6. The first-order chi connectivity index (χ1) is 23.7. The maximum Gasteiger partial charge on any atom is 0.408 e. The number of halogens is 3. The molecule has 0 saturated carbocycles. The van der Waals surface area contributed by atoms with Crippen LogP contribution in [0.25, 0.3) is 33.1 Å². The highest BCUT2D eigenvalue weighted by Gasteiger charge is 2.28. The molecule has 5 rings (SSSR count). The summed E-state index contributed by atoms with van der Waals surface area (Å²) in [6.45, 7) is 12.7. The van der Waals surface area contributed by atoms with E-state index in [0.29, 0.717) is 45.4 Å². The van der Waals surface area contributed by atoms with Gasteiger partial charge in [0, 0.05) is 38.9 Å². The van der Waals surface area contributed by atoms with E-state index < -0.39 is 47.5 Å². The summed E-state index contributed by atoms with van der Waals surface area (Å²) in [7, 11) is -3.43. The highest BCUT2D eigenvalue weighted by molar-refractivity contribution is 7.92. The molecule has 17 heteroatoms. The van der Waals surface area contributed by atoms with Crippen molar-refractivity contribution >= 4 is 63.5 Å². The molecule has 0 aliphatic rings. The Labute approximate surface area is 301 Å². The number of fused-ring (bicyclic) bond motifs is 2. The summed E-state index contributed by atoms with van der Waals surface area (Å²) in [6.07, 6.45) is 1.74. The van der Waals surface area contributed by atoms with Gasteiger partial charge in [-0.25, -0.2) is 31.7 Å². The average Bonchev–Trinajstić information content (AvgIpc) is 3.51. The summed E-state index contributed by atoms with van der Waals surface area (Å²) in [5, 5.41) is 12.4. The monoisotopic (exact) mass is 761 g/mol. The van der Waals surface area contributed by atoms with Crippen molar-refractivity contribution in [2.75, 3.05) is 17.6 Å². The number of nitrogens with zero attached hydrogens (tertiary/aromatic N) is 5. The number of alkyl carbamates (subject to hydrolysis) is 1. The van der Waals surface area contributed by atoms with E-state index in [1.54, 1.807) is 50.8 Å². The van der Waals surface area contributed by atoms with Gasteiger partial charge in [0.1, 0.15) is 29.5 Å². The lowest BCUT2D eigenvalue weighted by Gasteiger charge is -2.25. The lowest BCUT2D eigenvalue weighted by Crippen LogP contribution is -2.36. The summed E-state index contributed by atoms with van der Waals surface area (Å²) >= 11 is 6.66. The van der Waals surface area contributed by atoms with E-state index in [2.05, 4.69) is 39.9 Å². The zero-order chi connectivity index (χ0) is 37.5. The van der Waals surface area contributed by atoms with Crippen molar-refractivity contribution in [3.8, 4) is 11.1 Å². The Morgan fingerprint density at radius 3 is 2.39 bits per heavy atom. The number of aromatic nitrogens is 5. The molecule has 0 aliphatic heterocycles. The molecular formula is C34H42ClF2N7O5SSi. The van der Waals surface area contributed by atoms with Gasteiger partial charge in [-0.2, -0.15) is 10.2 Å². The second-order valence-corrected chi connectivity index (χ2v) is 22.4. The summed E-state index contributed by atoms with van der Waals surface area (Å²) in [6, 6.07) is 8.30. The Balaban J connectivity index is 1.74. The molecule has 0 spiro atoms. The number of amides is 1. The number of rotatable bonds is 12. The van der Waals surface area contributed by atoms with Crippen molar-refractivity contribution in [2.45, 2.75) is 71.3 Å². The number of benzene rings is 2. The smallest absolute Gasteiger partial charge is 0.408 e. The second kappa shape index (κ2) is 14.5. The van der Waals surface area contributed by atoms with Crippen LogP contribution in [0.1, 0.15) is 38.1 Å². The number of hydrogen-bond donors (Lipinski definition) is 2. The normalized spacial score (nSPS) is 13.2. The first-order valence-corrected chi connectivity index (χ1v) is 22.2. The van der Waals surface area contributed by atoms with Gasteiger partial charge in [0.05, 0.1) is 45.6 Å². The minimum absolute atomic E-state index is 0.0249. The number of carbonyl (C=O) groups excluding carboxylic acids is 1. The summed E-state index contributed by atoms with van der Waals surface area (Å²) in [5.74, 6) is -1.53. The Morgan fingerprint density at radius 2 is 1.76 bits per heavy atom. The standard InChI is InChI=1S/C34H42ClF2N7O5SSi/c1-34(2,3)49-33(45)40-26(15-20-13-21(36)16-22(37)14-20)30-24(17-28-27(39-30)18-38-44(28)19-48-11-12-51(6,7)8)23-9-10-25(35)29-31(23)43(4)41-32(29)42-50(5,46)47/h9-10,13-14,16-18,26H,11-12,15,19H2,1-8H3,(H,40,45)(H,41,42)/t26-/m0/s1. The zero-order valence-electron chi connectivity index (χ0n) is 29.8. The van der Waals surface area contributed by atoms with Gasteiger partial charge in [-0.15, -0.1) is 0 Å². The van der Waals surface area contributed by atoms with E-state index >= 15 is 0 Å². The fraction of sp³-hybridized carbons (Fsp3) is 0.412. The van der Waals surface area contributed by atoms with E-state index in [9.17, 15) is 22.0 Å². The van der Waals surface area contributed by atoms with Crippen LogP contribution in [0.15, 0.2) is 42.6 Å². The van der Waals surface area contributed by atoms with Crippen LogP contribution in [0.2, 0.25) is 30.7 Å². The molecule has 0 bridgehead atoms. The molecule has 51 heavy (non-hydrogen) atoms. The van der Waals surface area contributed by atoms with Crippen LogP contribution in [0, 0.1) is 11.6 Å². The van der Waals surface area contributed by atoms with Crippen molar-refractivity contribution in [2.24, 2.45) is 7.05 Å². The van der Waals surface area contributed by atoms with Gasteiger partial charge in [0.25, 0.3) is 0 Å². The summed E-state index contributed by atoms with van der Waals surface area (Å²) in [5.41, 5.74) is 2.28. The molecule has 274 valence electrons. The van der Waals surface area contributed by atoms with Crippen LogP contribution in [-0.2, 0) is 39.7 Å². The third-order valence-corrected chi connectivity index (χ3v) is 10.3. The van der Waals surface area contributed by atoms with Crippen LogP contribution < -0.4 is 10.0 Å². The second-order valence-electron chi connectivity index (χ2n) is 14.7. The van der Waals surface area contributed by atoms with Crippen LogP contribution in [0.3, 0.4) is 0 Å².